The molecule has 0 aliphatic heterocycles. The number of nitrogens with zero attached hydrogens (tertiary/aromatic N) is 1. The molecule has 7 heteroatoms. The van der Waals surface area contributed by atoms with Crippen LogP contribution in [0.25, 0.3) is 11.0 Å². The van der Waals surface area contributed by atoms with Crippen LogP contribution in [0.15, 0.2) is 84.9 Å². The third-order valence-electron chi connectivity index (χ3n) is 5.02. The zero-order valence-electron chi connectivity index (χ0n) is 17.5. The first-order chi connectivity index (χ1) is 15.7. The molecule has 7 nitrogen and oxygen atoms in total. The number of urea groups is 1. The third kappa shape index (κ3) is 5.72. The molecule has 1 unspecified atom stereocenters. The first kappa shape index (κ1) is 21.1. The summed E-state index contributed by atoms with van der Waals surface area (Å²) in [7, 11) is 0. The van der Waals surface area contributed by atoms with Crippen molar-refractivity contribution < 1.29 is 9.59 Å². The van der Waals surface area contributed by atoms with Crippen molar-refractivity contribution in [2.24, 2.45) is 0 Å². The zero-order chi connectivity index (χ0) is 22.2. The molecule has 0 spiro atoms. The lowest BCUT2D eigenvalue weighted by Gasteiger charge is -2.17. The molecule has 0 bridgehead atoms. The summed E-state index contributed by atoms with van der Waals surface area (Å²) in [6, 6.07) is 26.2. The number of hydrogen-bond acceptors (Lipinski definition) is 3. The van der Waals surface area contributed by atoms with Gasteiger partial charge >= 0.3 is 6.03 Å². The zero-order valence-corrected chi connectivity index (χ0v) is 17.5. The Hall–Kier alpha value is -4.13. The van der Waals surface area contributed by atoms with Crippen molar-refractivity contribution in [3.63, 3.8) is 0 Å². The second-order valence-corrected chi connectivity index (χ2v) is 7.45. The Balaban J connectivity index is 1.36. The summed E-state index contributed by atoms with van der Waals surface area (Å²) in [5, 5.41) is 8.51. The highest BCUT2D eigenvalue weighted by atomic mass is 16.2. The van der Waals surface area contributed by atoms with E-state index in [0.717, 1.165) is 16.6 Å². The summed E-state index contributed by atoms with van der Waals surface area (Å²) in [6.07, 6.45) is 0.766. The summed E-state index contributed by atoms with van der Waals surface area (Å²) in [5.74, 6) is 0.546. The van der Waals surface area contributed by atoms with Crippen molar-refractivity contribution in [2.75, 3.05) is 11.9 Å². The number of nitrogens with one attached hydrogen (secondary N) is 4. The maximum absolute atomic E-state index is 12.6. The number of fused-ring (bicyclic) bond motifs is 1. The Kier molecular flexibility index (Phi) is 6.77. The highest BCUT2D eigenvalue weighted by molar-refractivity contribution is 5.89. The van der Waals surface area contributed by atoms with Gasteiger partial charge in [-0.3, -0.25) is 4.79 Å². The van der Waals surface area contributed by atoms with E-state index in [0.29, 0.717) is 17.9 Å². The fourth-order valence-electron chi connectivity index (χ4n) is 3.46. The van der Waals surface area contributed by atoms with Crippen LogP contribution in [0.5, 0.6) is 0 Å². The summed E-state index contributed by atoms with van der Waals surface area (Å²) in [5.41, 5.74) is 3.57. The predicted octanol–water partition coefficient (Wildman–Crippen LogP) is 4.17. The van der Waals surface area contributed by atoms with E-state index in [-0.39, 0.29) is 30.9 Å². The van der Waals surface area contributed by atoms with Gasteiger partial charge in [-0.15, -0.1) is 0 Å². The number of imidazole rings is 1. The molecule has 0 saturated heterocycles. The monoisotopic (exact) mass is 427 g/mol. The predicted molar refractivity (Wildman–Crippen MR) is 125 cm³/mol. The molecule has 0 aliphatic rings. The average molecular weight is 428 g/mol. The van der Waals surface area contributed by atoms with Crippen molar-refractivity contribution in [3.8, 4) is 0 Å². The molecule has 0 radical (unpaired) electrons. The van der Waals surface area contributed by atoms with Crippen LogP contribution in [0.1, 0.15) is 23.9 Å². The molecule has 1 aromatic heterocycles. The molecule has 0 saturated carbocycles. The Morgan fingerprint density at radius 1 is 0.875 bits per heavy atom. The number of carbonyl (C=O) groups is 2. The molecular weight excluding hydrogens is 402 g/mol. The first-order valence-corrected chi connectivity index (χ1v) is 10.6. The second kappa shape index (κ2) is 10.3. The normalized spacial score (nSPS) is 11.6. The van der Waals surface area contributed by atoms with Crippen molar-refractivity contribution in [2.45, 2.75) is 18.9 Å². The number of aromatic amines is 1. The van der Waals surface area contributed by atoms with E-state index >= 15 is 0 Å². The second-order valence-electron chi connectivity index (χ2n) is 7.45. The molecule has 32 heavy (non-hydrogen) atoms. The standard InChI is InChI=1S/C25H25N5O2/c31-23(15-16-26-25(32)27-19-11-5-2-6-12-19)28-22(17-18-9-3-1-4-10-18)24-29-20-13-7-8-14-21(20)30-24/h1-14,22H,15-17H2,(H,28,31)(H,29,30)(H2,26,27,32). The van der Waals surface area contributed by atoms with Gasteiger partial charge in [0.1, 0.15) is 5.82 Å². The number of benzene rings is 3. The van der Waals surface area contributed by atoms with E-state index < -0.39 is 0 Å². The van der Waals surface area contributed by atoms with Crippen molar-refractivity contribution >= 4 is 28.7 Å². The smallest absolute Gasteiger partial charge is 0.319 e. The number of aromatic nitrogens is 2. The van der Waals surface area contributed by atoms with Gasteiger partial charge in [-0.2, -0.15) is 0 Å². The number of carbonyl (C=O) groups excluding carboxylic acids is 2. The van der Waals surface area contributed by atoms with E-state index in [4.69, 9.17) is 0 Å². The highest BCUT2D eigenvalue weighted by Crippen LogP contribution is 2.20. The Bertz CT molecular complexity index is 1140. The molecule has 3 amide bonds. The maximum atomic E-state index is 12.6. The van der Waals surface area contributed by atoms with E-state index in [1.54, 1.807) is 12.1 Å². The van der Waals surface area contributed by atoms with Gasteiger partial charge in [-0.05, 0) is 36.2 Å². The van der Waals surface area contributed by atoms with Gasteiger partial charge in [0.15, 0.2) is 0 Å². The minimum absolute atomic E-state index is 0.160. The van der Waals surface area contributed by atoms with E-state index in [9.17, 15) is 9.59 Å². The van der Waals surface area contributed by atoms with Gasteiger partial charge < -0.3 is 20.9 Å². The maximum Gasteiger partial charge on any atom is 0.319 e. The van der Waals surface area contributed by atoms with Crippen LogP contribution in [0.3, 0.4) is 0 Å². The molecular formula is C25H25N5O2. The highest BCUT2D eigenvalue weighted by Gasteiger charge is 2.19. The Morgan fingerprint density at radius 2 is 1.56 bits per heavy atom. The quantitative estimate of drug-likeness (QED) is 0.340. The minimum atomic E-state index is -0.345. The van der Waals surface area contributed by atoms with E-state index in [2.05, 4.69) is 25.9 Å². The van der Waals surface area contributed by atoms with Gasteiger partial charge in [0, 0.05) is 18.7 Å². The van der Waals surface area contributed by atoms with Crippen LogP contribution < -0.4 is 16.0 Å². The summed E-state index contributed by atoms with van der Waals surface area (Å²) in [4.78, 5) is 32.6. The van der Waals surface area contributed by atoms with Crippen molar-refractivity contribution in [1.29, 1.82) is 0 Å². The van der Waals surface area contributed by atoms with E-state index in [1.165, 1.54) is 0 Å². The largest absolute Gasteiger partial charge is 0.346 e. The molecule has 4 rings (SSSR count). The lowest BCUT2D eigenvalue weighted by atomic mass is 10.1. The van der Waals surface area contributed by atoms with Crippen LogP contribution in [-0.4, -0.2) is 28.5 Å². The topological polar surface area (TPSA) is 98.9 Å². The van der Waals surface area contributed by atoms with Crippen LogP contribution in [0, 0.1) is 0 Å². The Morgan fingerprint density at radius 3 is 2.31 bits per heavy atom. The summed E-state index contributed by atoms with van der Waals surface area (Å²) in [6.45, 7) is 0.225. The average Bonchev–Trinajstić information content (AvgIpc) is 3.24. The van der Waals surface area contributed by atoms with Crippen LogP contribution >= 0.6 is 0 Å². The Labute approximate surface area is 186 Å². The number of amides is 3. The molecule has 1 atom stereocenters. The van der Waals surface area contributed by atoms with Gasteiger partial charge in [0.05, 0.1) is 17.1 Å². The summed E-state index contributed by atoms with van der Waals surface area (Å²) >= 11 is 0. The van der Waals surface area contributed by atoms with Crippen LogP contribution in [0.2, 0.25) is 0 Å². The van der Waals surface area contributed by atoms with Crippen LogP contribution in [0.4, 0.5) is 10.5 Å². The lowest BCUT2D eigenvalue weighted by molar-refractivity contribution is -0.121. The number of anilines is 1. The fraction of sp³-hybridized carbons (Fsp3) is 0.160. The summed E-state index contributed by atoms with van der Waals surface area (Å²) < 4.78 is 0. The van der Waals surface area contributed by atoms with Crippen molar-refractivity contribution in [3.05, 3.63) is 96.3 Å². The van der Waals surface area contributed by atoms with Gasteiger partial charge in [0.2, 0.25) is 5.91 Å². The first-order valence-electron chi connectivity index (χ1n) is 10.6. The lowest BCUT2D eigenvalue weighted by Crippen LogP contribution is -2.35. The minimum Gasteiger partial charge on any atom is -0.346 e. The molecule has 162 valence electrons. The van der Waals surface area contributed by atoms with Crippen LogP contribution in [-0.2, 0) is 11.2 Å². The number of H-pyrrole nitrogens is 1. The molecule has 0 aliphatic carbocycles. The number of hydrogen-bond donors (Lipinski definition) is 4. The molecule has 0 fully saturated rings. The third-order valence-corrected chi connectivity index (χ3v) is 5.02. The molecule has 4 N–H and O–H groups in total. The van der Waals surface area contributed by atoms with Gasteiger partial charge in [-0.1, -0.05) is 60.7 Å². The SMILES string of the molecule is O=C(CCNC(=O)Nc1ccccc1)NC(Cc1ccccc1)c1nc2ccccc2[nH]1. The molecule has 3 aromatic carbocycles. The number of rotatable bonds is 8. The molecule has 4 aromatic rings. The van der Waals surface area contributed by atoms with Crippen molar-refractivity contribution in [1.82, 2.24) is 20.6 Å². The molecule has 1 heterocycles. The van der Waals surface area contributed by atoms with Gasteiger partial charge in [-0.25, -0.2) is 9.78 Å². The van der Waals surface area contributed by atoms with Gasteiger partial charge in [0.25, 0.3) is 0 Å². The number of para-hydroxylation sites is 3. The fourth-order valence-corrected chi connectivity index (χ4v) is 3.46. The van der Waals surface area contributed by atoms with E-state index in [1.807, 2.05) is 72.8 Å².